The Morgan fingerprint density at radius 1 is 1.47 bits per heavy atom. The van der Waals surface area contributed by atoms with Crippen molar-refractivity contribution in [2.24, 2.45) is 5.92 Å². The minimum atomic E-state index is -0.726. The molecule has 0 saturated heterocycles. The molecule has 0 aromatic heterocycles. The van der Waals surface area contributed by atoms with Crippen LogP contribution in [-0.4, -0.2) is 16.5 Å². The number of allylic oxidation sites excluding steroid dienone is 1. The van der Waals surface area contributed by atoms with Gasteiger partial charge in [-0.1, -0.05) is 32.3 Å². The molecule has 2 heteroatoms. The first-order valence-electron chi connectivity index (χ1n) is 5.96. The fourth-order valence-corrected chi connectivity index (χ4v) is 2.36. The number of aliphatic hydroxyl groups is 1. The van der Waals surface area contributed by atoms with Gasteiger partial charge in [0.15, 0.2) is 0 Å². The average Bonchev–Trinajstić information content (AvgIpc) is 2.26. The summed E-state index contributed by atoms with van der Waals surface area (Å²) in [5.74, 6) is -0.0305. The zero-order valence-electron chi connectivity index (χ0n) is 9.67. The van der Waals surface area contributed by atoms with Gasteiger partial charge in [-0.2, -0.15) is 0 Å². The van der Waals surface area contributed by atoms with E-state index in [9.17, 15) is 9.90 Å². The molecule has 1 rings (SSSR count). The largest absolute Gasteiger partial charge is 0.389 e. The van der Waals surface area contributed by atoms with Crippen molar-refractivity contribution in [3.8, 4) is 0 Å². The molecule has 1 N–H and O–H groups in total. The highest BCUT2D eigenvalue weighted by Crippen LogP contribution is 2.35. The number of rotatable bonds is 5. The number of hydrogen-bond acceptors (Lipinski definition) is 2. The molecule has 1 unspecified atom stereocenters. The normalized spacial score (nSPS) is 22.0. The molecule has 1 fully saturated rings. The van der Waals surface area contributed by atoms with Crippen molar-refractivity contribution in [1.82, 2.24) is 0 Å². The highest BCUT2D eigenvalue weighted by molar-refractivity contribution is 5.81. The molecule has 0 spiro atoms. The monoisotopic (exact) mass is 210 g/mol. The van der Waals surface area contributed by atoms with Gasteiger partial charge in [0.1, 0.15) is 5.78 Å². The maximum Gasteiger partial charge on any atom is 0.138 e. The van der Waals surface area contributed by atoms with Crippen molar-refractivity contribution in [2.75, 3.05) is 0 Å². The standard InChI is InChI=1S/C13H22O2/c1-3-4-8-12(14)11(2)13(15)9-6-5-7-10-13/h3,11,15H,1,4-10H2,2H3. The second kappa shape index (κ2) is 5.45. The van der Waals surface area contributed by atoms with E-state index in [2.05, 4.69) is 6.58 Å². The van der Waals surface area contributed by atoms with E-state index >= 15 is 0 Å². The Morgan fingerprint density at radius 2 is 2.07 bits per heavy atom. The van der Waals surface area contributed by atoms with E-state index in [-0.39, 0.29) is 11.7 Å². The van der Waals surface area contributed by atoms with Crippen LogP contribution in [0.25, 0.3) is 0 Å². The molecule has 2 nitrogen and oxygen atoms in total. The van der Waals surface area contributed by atoms with Gasteiger partial charge < -0.3 is 5.11 Å². The highest BCUT2D eigenvalue weighted by atomic mass is 16.3. The van der Waals surface area contributed by atoms with E-state index in [0.717, 1.165) is 32.1 Å². The minimum Gasteiger partial charge on any atom is -0.389 e. The van der Waals surface area contributed by atoms with E-state index in [1.54, 1.807) is 6.08 Å². The maximum atomic E-state index is 11.8. The smallest absolute Gasteiger partial charge is 0.138 e. The Bertz CT molecular complexity index is 227. The first-order valence-corrected chi connectivity index (χ1v) is 5.96. The van der Waals surface area contributed by atoms with Gasteiger partial charge in [0.05, 0.1) is 5.60 Å². The van der Waals surface area contributed by atoms with Crippen LogP contribution in [0.2, 0.25) is 0 Å². The van der Waals surface area contributed by atoms with Gasteiger partial charge in [0.2, 0.25) is 0 Å². The van der Waals surface area contributed by atoms with Gasteiger partial charge in [-0.3, -0.25) is 4.79 Å². The summed E-state index contributed by atoms with van der Waals surface area (Å²) in [7, 11) is 0. The Kier molecular flexibility index (Phi) is 4.52. The molecule has 0 aliphatic heterocycles. The third-order valence-electron chi connectivity index (χ3n) is 3.60. The van der Waals surface area contributed by atoms with Crippen molar-refractivity contribution in [3.05, 3.63) is 12.7 Å². The summed E-state index contributed by atoms with van der Waals surface area (Å²) in [4.78, 5) is 11.8. The molecular formula is C13H22O2. The summed E-state index contributed by atoms with van der Waals surface area (Å²) >= 11 is 0. The van der Waals surface area contributed by atoms with Gasteiger partial charge >= 0.3 is 0 Å². The van der Waals surface area contributed by atoms with Gasteiger partial charge in [-0.15, -0.1) is 6.58 Å². The van der Waals surface area contributed by atoms with Crippen molar-refractivity contribution in [1.29, 1.82) is 0 Å². The molecule has 0 radical (unpaired) electrons. The third-order valence-corrected chi connectivity index (χ3v) is 3.60. The second-order valence-corrected chi connectivity index (χ2v) is 4.68. The summed E-state index contributed by atoms with van der Waals surface area (Å²) in [5, 5.41) is 10.4. The average molecular weight is 210 g/mol. The lowest BCUT2D eigenvalue weighted by Crippen LogP contribution is -2.42. The van der Waals surface area contributed by atoms with E-state index in [4.69, 9.17) is 0 Å². The van der Waals surface area contributed by atoms with Crippen LogP contribution in [0.15, 0.2) is 12.7 Å². The van der Waals surface area contributed by atoms with Crippen LogP contribution >= 0.6 is 0 Å². The molecule has 15 heavy (non-hydrogen) atoms. The minimum absolute atomic E-state index is 0.180. The number of ketones is 1. The number of carbonyl (C=O) groups excluding carboxylic acids is 1. The van der Waals surface area contributed by atoms with Crippen LogP contribution in [-0.2, 0) is 4.79 Å². The summed E-state index contributed by atoms with van der Waals surface area (Å²) in [6, 6.07) is 0. The Hall–Kier alpha value is -0.630. The third kappa shape index (κ3) is 3.16. The SMILES string of the molecule is C=CCCC(=O)C(C)C1(O)CCCCC1. The first kappa shape index (κ1) is 12.4. The zero-order valence-corrected chi connectivity index (χ0v) is 9.67. The quantitative estimate of drug-likeness (QED) is 0.708. The Morgan fingerprint density at radius 3 is 2.60 bits per heavy atom. The lowest BCUT2D eigenvalue weighted by atomic mass is 9.74. The van der Waals surface area contributed by atoms with E-state index in [1.807, 2.05) is 6.92 Å². The van der Waals surface area contributed by atoms with Crippen molar-refractivity contribution in [2.45, 2.75) is 57.5 Å². The van der Waals surface area contributed by atoms with E-state index < -0.39 is 5.60 Å². The molecule has 1 aliphatic carbocycles. The van der Waals surface area contributed by atoms with Gasteiger partial charge in [-0.25, -0.2) is 0 Å². The fraction of sp³-hybridized carbons (Fsp3) is 0.769. The van der Waals surface area contributed by atoms with E-state index in [1.165, 1.54) is 6.42 Å². The van der Waals surface area contributed by atoms with Gasteiger partial charge in [0.25, 0.3) is 0 Å². The van der Waals surface area contributed by atoms with Crippen molar-refractivity contribution < 1.29 is 9.90 Å². The predicted octanol–water partition coefficient (Wildman–Crippen LogP) is 2.85. The number of hydrogen-bond donors (Lipinski definition) is 1. The summed E-state index contributed by atoms with van der Waals surface area (Å²) in [5.41, 5.74) is -0.726. The predicted molar refractivity (Wildman–Crippen MR) is 61.6 cm³/mol. The highest BCUT2D eigenvalue weighted by Gasteiger charge is 2.38. The number of carbonyl (C=O) groups is 1. The molecule has 1 aliphatic rings. The summed E-state index contributed by atoms with van der Waals surface area (Å²) < 4.78 is 0. The molecule has 1 saturated carbocycles. The molecular weight excluding hydrogens is 188 g/mol. The number of Topliss-reactive ketones (excluding diaryl/α,β-unsaturated/α-hetero) is 1. The lowest BCUT2D eigenvalue weighted by molar-refractivity contribution is -0.133. The molecule has 1 atom stereocenters. The summed E-state index contributed by atoms with van der Waals surface area (Å²) in [6.07, 6.45) is 7.87. The molecule has 0 amide bonds. The first-order chi connectivity index (χ1) is 7.10. The fourth-order valence-electron chi connectivity index (χ4n) is 2.36. The van der Waals surface area contributed by atoms with Crippen LogP contribution in [0.3, 0.4) is 0 Å². The van der Waals surface area contributed by atoms with Crippen molar-refractivity contribution >= 4 is 5.78 Å². The molecule has 86 valence electrons. The van der Waals surface area contributed by atoms with E-state index in [0.29, 0.717) is 6.42 Å². The topological polar surface area (TPSA) is 37.3 Å². The molecule has 0 aromatic carbocycles. The second-order valence-electron chi connectivity index (χ2n) is 4.68. The van der Waals surface area contributed by atoms with Crippen LogP contribution in [0, 0.1) is 5.92 Å². The molecule has 0 heterocycles. The molecule has 0 bridgehead atoms. The van der Waals surface area contributed by atoms with Crippen LogP contribution in [0.4, 0.5) is 0 Å². The maximum absolute atomic E-state index is 11.8. The summed E-state index contributed by atoms with van der Waals surface area (Å²) in [6.45, 7) is 5.48. The Labute approximate surface area is 92.4 Å². The Balaban J connectivity index is 2.52. The lowest BCUT2D eigenvalue weighted by Gasteiger charge is -2.36. The van der Waals surface area contributed by atoms with Gasteiger partial charge in [-0.05, 0) is 19.3 Å². The van der Waals surface area contributed by atoms with Crippen LogP contribution in [0.5, 0.6) is 0 Å². The van der Waals surface area contributed by atoms with Crippen LogP contribution < -0.4 is 0 Å². The van der Waals surface area contributed by atoms with Gasteiger partial charge in [0, 0.05) is 12.3 Å². The molecule has 0 aromatic rings. The van der Waals surface area contributed by atoms with Crippen LogP contribution in [0.1, 0.15) is 51.9 Å². The van der Waals surface area contributed by atoms with Crippen molar-refractivity contribution in [3.63, 3.8) is 0 Å². The zero-order chi connectivity index (χ0) is 11.3.